The highest BCUT2D eigenvalue weighted by molar-refractivity contribution is 6.29. The van der Waals surface area contributed by atoms with E-state index in [9.17, 15) is 13.6 Å². The Bertz CT molecular complexity index is 415. The van der Waals surface area contributed by atoms with E-state index >= 15 is 0 Å². The number of nitrogens with one attached hydrogen (secondary N) is 2. The summed E-state index contributed by atoms with van der Waals surface area (Å²) >= 11 is 5.76. The number of carbonyl (C=O) groups is 1. The van der Waals surface area contributed by atoms with Gasteiger partial charge in [-0.1, -0.05) is 18.5 Å². The van der Waals surface area contributed by atoms with Crippen LogP contribution in [0.3, 0.4) is 0 Å². The van der Waals surface area contributed by atoms with Crippen LogP contribution in [0.1, 0.15) is 23.7 Å². The number of alkyl halides is 2. The number of aromatic nitrogens is 1. The molecule has 1 heterocycles. The van der Waals surface area contributed by atoms with Gasteiger partial charge in [-0.3, -0.25) is 4.79 Å². The normalized spacial score (nSPS) is 10.5. The third-order valence-electron chi connectivity index (χ3n) is 2.03. The van der Waals surface area contributed by atoms with Gasteiger partial charge in [0.25, 0.3) is 12.3 Å². The molecule has 0 aromatic carbocycles. The van der Waals surface area contributed by atoms with Crippen molar-refractivity contribution in [3.63, 3.8) is 0 Å². The van der Waals surface area contributed by atoms with Gasteiger partial charge >= 0.3 is 0 Å². The molecule has 0 bridgehead atoms. The second-order valence-electron chi connectivity index (χ2n) is 3.59. The minimum absolute atomic E-state index is 0.137. The molecule has 0 radical (unpaired) electrons. The third-order valence-corrected chi connectivity index (χ3v) is 2.22. The molecule has 100 valence electrons. The first-order chi connectivity index (χ1) is 8.52. The van der Waals surface area contributed by atoms with Gasteiger partial charge in [0.2, 0.25) is 0 Å². The first-order valence-electron chi connectivity index (χ1n) is 5.50. The second-order valence-corrected chi connectivity index (χ2v) is 3.98. The first-order valence-corrected chi connectivity index (χ1v) is 5.88. The molecule has 1 amide bonds. The lowest BCUT2D eigenvalue weighted by molar-refractivity contribution is 0.0891. The highest BCUT2D eigenvalue weighted by atomic mass is 35.5. The first kappa shape index (κ1) is 14.6. The van der Waals surface area contributed by atoms with Crippen LogP contribution in [-0.2, 0) is 0 Å². The van der Waals surface area contributed by atoms with E-state index in [0.29, 0.717) is 12.4 Å². The fraction of sp³-hybridized carbons (Fsp3) is 0.455. The van der Waals surface area contributed by atoms with Crippen LogP contribution in [0, 0.1) is 0 Å². The molecule has 1 rings (SSSR count). The van der Waals surface area contributed by atoms with Gasteiger partial charge in [0.1, 0.15) is 11.0 Å². The van der Waals surface area contributed by atoms with Gasteiger partial charge in [-0.15, -0.1) is 0 Å². The van der Waals surface area contributed by atoms with E-state index in [0.717, 1.165) is 6.42 Å². The monoisotopic (exact) mass is 277 g/mol. The van der Waals surface area contributed by atoms with E-state index < -0.39 is 18.9 Å². The van der Waals surface area contributed by atoms with Crippen molar-refractivity contribution in [2.24, 2.45) is 0 Å². The van der Waals surface area contributed by atoms with E-state index in [1.54, 1.807) is 0 Å². The van der Waals surface area contributed by atoms with Crippen LogP contribution in [0.4, 0.5) is 14.6 Å². The molecule has 0 saturated carbocycles. The maximum atomic E-state index is 12.0. The SMILES string of the molecule is CCCNc1cc(C(=O)NCC(F)F)cc(Cl)n1. The van der Waals surface area contributed by atoms with Gasteiger partial charge in [0.05, 0.1) is 6.54 Å². The lowest BCUT2D eigenvalue weighted by Crippen LogP contribution is -2.28. The van der Waals surface area contributed by atoms with Crippen LogP contribution in [0.25, 0.3) is 0 Å². The maximum Gasteiger partial charge on any atom is 0.255 e. The number of anilines is 1. The summed E-state index contributed by atoms with van der Waals surface area (Å²) in [5.74, 6) is -0.148. The van der Waals surface area contributed by atoms with Crippen molar-refractivity contribution in [2.45, 2.75) is 19.8 Å². The highest BCUT2D eigenvalue weighted by Gasteiger charge is 2.11. The van der Waals surface area contributed by atoms with E-state index in [1.807, 2.05) is 6.92 Å². The number of carbonyl (C=O) groups excluding carboxylic acids is 1. The third kappa shape index (κ3) is 4.83. The number of nitrogens with zero attached hydrogens (tertiary/aromatic N) is 1. The van der Waals surface area contributed by atoms with Crippen LogP contribution in [0.15, 0.2) is 12.1 Å². The van der Waals surface area contributed by atoms with E-state index in [-0.39, 0.29) is 10.7 Å². The number of hydrogen-bond acceptors (Lipinski definition) is 3. The van der Waals surface area contributed by atoms with Crippen molar-refractivity contribution in [2.75, 3.05) is 18.4 Å². The highest BCUT2D eigenvalue weighted by Crippen LogP contribution is 2.14. The average molecular weight is 278 g/mol. The molecule has 0 spiro atoms. The lowest BCUT2D eigenvalue weighted by Gasteiger charge is -2.08. The van der Waals surface area contributed by atoms with Crippen LogP contribution in [-0.4, -0.2) is 30.4 Å². The van der Waals surface area contributed by atoms with Crippen molar-refractivity contribution in [1.82, 2.24) is 10.3 Å². The van der Waals surface area contributed by atoms with Gasteiger partial charge in [0, 0.05) is 12.1 Å². The average Bonchev–Trinajstić information content (AvgIpc) is 2.32. The van der Waals surface area contributed by atoms with Crippen LogP contribution >= 0.6 is 11.6 Å². The molecule has 0 atom stereocenters. The standard InChI is InChI=1S/C11H14ClF2N3O/c1-2-3-15-10-5-7(4-8(12)17-10)11(18)16-6-9(13)14/h4-5,9H,2-3,6H2,1H3,(H,15,17)(H,16,18). The van der Waals surface area contributed by atoms with Crippen LogP contribution < -0.4 is 10.6 Å². The molecule has 0 fully saturated rings. The molecule has 0 aliphatic carbocycles. The number of rotatable bonds is 6. The van der Waals surface area contributed by atoms with Crippen molar-refractivity contribution < 1.29 is 13.6 Å². The Balaban J connectivity index is 2.75. The summed E-state index contributed by atoms with van der Waals surface area (Å²) in [6, 6.07) is 2.81. The zero-order valence-corrected chi connectivity index (χ0v) is 10.6. The molecule has 0 aliphatic rings. The van der Waals surface area contributed by atoms with Gasteiger partial charge in [-0.25, -0.2) is 13.8 Å². The van der Waals surface area contributed by atoms with Gasteiger partial charge in [-0.05, 0) is 18.6 Å². The predicted molar refractivity (Wildman–Crippen MR) is 66.4 cm³/mol. The Morgan fingerprint density at radius 3 is 2.83 bits per heavy atom. The van der Waals surface area contributed by atoms with Gasteiger partial charge < -0.3 is 10.6 Å². The van der Waals surface area contributed by atoms with Crippen molar-refractivity contribution >= 4 is 23.3 Å². The summed E-state index contributed by atoms with van der Waals surface area (Å²) in [5, 5.41) is 5.21. The molecule has 18 heavy (non-hydrogen) atoms. The fourth-order valence-electron chi connectivity index (χ4n) is 1.24. The van der Waals surface area contributed by atoms with Crippen molar-refractivity contribution in [3.05, 3.63) is 22.8 Å². The quantitative estimate of drug-likeness (QED) is 0.786. The van der Waals surface area contributed by atoms with Crippen LogP contribution in [0.2, 0.25) is 5.15 Å². The van der Waals surface area contributed by atoms with Gasteiger partial charge in [0.15, 0.2) is 0 Å². The molecule has 2 N–H and O–H groups in total. The Morgan fingerprint density at radius 1 is 1.50 bits per heavy atom. The molecule has 0 unspecified atom stereocenters. The Hall–Kier alpha value is -1.43. The summed E-state index contributed by atoms with van der Waals surface area (Å²) in [5.41, 5.74) is 0.203. The topological polar surface area (TPSA) is 54.0 Å². The fourth-order valence-corrected chi connectivity index (χ4v) is 1.45. The summed E-state index contributed by atoms with van der Waals surface area (Å²) in [6.07, 6.45) is -1.69. The minimum Gasteiger partial charge on any atom is -0.370 e. The Morgan fingerprint density at radius 2 is 2.22 bits per heavy atom. The molecule has 0 aliphatic heterocycles. The van der Waals surface area contributed by atoms with Crippen LogP contribution in [0.5, 0.6) is 0 Å². The lowest BCUT2D eigenvalue weighted by atomic mass is 10.2. The molecular weight excluding hydrogens is 264 g/mol. The number of halogens is 3. The number of amides is 1. The molecular formula is C11H14ClF2N3O. The smallest absolute Gasteiger partial charge is 0.255 e. The summed E-state index contributed by atoms with van der Waals surface area (Å²) in [7, 11) is 0. The van der Waals surface area contributed by atoms with Gasteiger partial charge in [-0.2, -0.15) is 0 Å². The molecule has 4 nitrogen and oxygen atoms in total. The Kier molecular flexibility index (Phi) is 5.77. The van der Waals surface area contributed by atoms with Crippen molar-refractivity contribution in [1.29, 1.82) is 0 Å². The summed E-state index contributed by atoms with van der Waals surface area (Å²) < 4.78 is 23.9. The number of pyridine rings is 1. The number of hydrogen-bond donors (Lipinski definition) is 2. The second kappa shape index (κ2) is 7.10. The zero-order valence-electron chi connectivity index (χ0n) is 9.84. The van der Waals surface area contributed by atoms with E-state index in [2.05, 4.69) is 15.6 Å². The predicted octanol–water partition coefficient (Wildman–Crippen LogP) is 2.55. The molecule has 1 aromatic heterocycles. The molecule has 0 saturated heterocycles. The zero-order chi connectivity index (χ0) is 13.5. The summed E-state index contributed by atoms with van der Waals surface area (Å²) in [4.78, 5) is 15.5. The molecule has 1 aromatic rings. The van der Waals surface area contributed by atoms with Crippen molar-refractivity contribution in [3.8, 4) is 0 Å². The Labute approximate surface area is 109 Å². The largest absolute Gasteiger partial charge is 0.370 e. The summed E-state index contributed by atoms with van der Waals surface area (Å²) in [6.45, 7) is 1.98. The van der Waals surface area contributed by atoms with E-state index in [1.165, 1.54) is 12.1 Å². The molecule has 7 heteroatoms. The van der Waals surface area contributed by atoms with E-state index in [4.69, 9.17) is 11.6 Å². The minimum atomic E-state index is -2.58. The maximum absolute atomic E-state index is 12.0.